The Morgan fingerprint density at radius 2 is 1.30 bits per heavy atom. The van der Waals surface area contributed by atoms with Crippen LogP contribution in [0.25, 0.3) is 0 Å². The van der Waals surface area contributed by atoms with Crippen LogP contribution in [0, 0.1) is 0 Å². The molecule has 0 aliphatic rings. The molecule has 0 radical (unpaired) electrons. The molecule has 0 aliphatic heterocycles. The number of Topliss-reactive ketones (excluding diaryl/α,β-unsaturated/α-hetero) is 1. The average Bonchev–Trinajstić information content (AvgIpc) is 2.80. The zero-order valence-corrected chi connectivity index (χ0v) is 18.4. The lowest BCUT2D eigenvalue weighted by Gasteiger charge is -2.27. The summed E-state index contributed by atoms with van der Waals surface area (Å²) in [5, 5.41) is 4.93. The van der Waals surface area contributed by atoms with E-state index in [-0.39, 0.29) is 11.8 Å². The Hall–Kier alpha value is -2.48. The topological polar surface area (TPSA) is 46.2 Å². The number of carbonyl (C=O) groups excluding carboxylic acids is 1. The molecule has 0 aromatic heterocycles. The van der Waals surface area contributed by atoms with E-state index in [1.54, 1.807) is 0 Å². The molecule has 0 aliphatic carbocycles. The molecule has 3 rings (SSSR count). The molecule has 0 saturated carbocycles. The first-order valence-electron chi connectivity index (χ1n) is 10.7. The lowest BCUT2D eigenvalue weighted by Crippen LogP contribution is -2.31. The summed E-state index contributed by atoms with van der Waals surface area (Å²) in [4.78, 5) is 12.7. The number of rotatable bonds is 11. The Balaban J connectivity index is 1.95. The molecular weight excluding hydrogens is 389 g/mol. The Morgan fingerprint density at radius 1 is 0.800 bits per heavy atom. The van der Waals surface area contributed by atoms with Crippen LogP contribution >= 0.6 is 7.29 Å². The average molecular weight is 420 g/mol. The van der Waals surface area contributed by atoms with Crippen molar-refractivity contribution in [3.8, 4) is 0 Å². The van der Waals surface area contributed by atoms with Crippen LogP contribution in [0.3, 0.4) is 0 Å². The van der Waals surface area contributed by atoms with Crippen LogP contribution in [0.5, 0.6) is 0 Å². The highest BCUT2D eigenvalue weighted by atomic mass is 31.2. The minimum atomic E-state index is -3.14. The predicted octanol–water partition coefficient (Wildman–Crippen LogP) is 5.79. The number of benzene rings is 3. The van der Waals surface area contributed by atoms with Gasteiger partial charge in [-0.1, -0.05) is 86.5 Å². The predicted molar refractivity (Wildman–Crippen MR) is 126 cm³/mol. The summed E-state index contributed by atoms with van der Waals surface area (Å²) >= 11 is 0. The molecule has 1 atom stereocenters. The standard InChI is InChI=1S/C26H30NO2P/c1-2-3-7-16-23(28)21-26(22-14-8-4-9-15-22)27-30(29,24-17-10-5-11-18-24)25-19-12-6-13-20-25/h4-6,8-15,17-20,26H,2-3,7,16,21H2,1H3,(H,27,29). The lowest BCUT2D eigenvalue weighted by atomic mass is 10.00. The maximum Gasteiger partial charge on any atom is 0.205 e. The number of nitrogens with one attached hydrogen (secondary N) is 1. The fourth-order valence-electron chi connectivity index (χ4n) is 3.62. The van der Waals surface area contributed by atoms with E-state index in [4.69, 9.17) is 0 Å². The van der Waals surface area contributed by atoms with E-state index in [1.807, 2.05) is 91.0 Å². The normalized spacial score (nSPS) is 12.4. The molecular formula is C26H30NO2P. The van der Waals surface area contributed by atoms with Crippen molar-refractivity contribution in [1.82, 2.24) is 5.09 Å². The molecule has 0 spiro atoms. The van der Waals surface area contributed by atoms with Crippen LogP contribution in [-0.2, 0) is 9.36 Å². The Labute approximate surface area is 180 Å². The van der Waals surface area contributed by atoms with Crippen LogP contribution in [0.1, 0.15) is 50.6 Å². The van der Waals surface area contributed by atoms with Gasteiger partial charge in [-0.15, -0.1) is 0 Å². The summed E-state index contributed by atoms with van der Waals surface area (Å²) in [6, 6.07) is 28.6. The number of carbonyl (C=O) groups is 1. The zero-order chi connectivity index (χ0) is 21.2. The quantitative estimate of drug-likeness (QED) is 0.316. The third-order valence-corrected chi connectivity index (χ3v) is 8.00. The SMILES string of the molecule is CCCCCC(=O)CC(NP(=O)(c1ccccc1)c1ccccc1)c1ccccc1. The van der Waals surface area contributed by atoms with Gasteiger partial charge in [0, 0.05) is 29.5 Å². The van der Waals surface area contributed by atoms with Gasteiger partial charge < -0.3 is 0 Å². The van der Waals surface area contributed by atoms with Crippen molar-refractivity contribution in [3.63, 3.8) is 0 Å². The molecule has 1 N–H and O–H groups in total. The van der Waals surface area contributed by atoms with Crippen LogP contribution in [0.2, 0.25) is 0 Å². The maximum absolute atomic E-state index is 14.4. The fourth-order valence-corrected chi connectivity index (χ4v) is 6.08. The molecule has 0 amide bonds. The molecule has 30 heavy (non-hydrogen) atoms. The van der Waals surface area contributed by atoms with Crippen LogP contribution in [0.4, 0.5) is 0 Å². The summed E-state index contributed by atoms with van der Waals surface area (Å²) < 4.78 is 14.4. The monoisotopic (exact) mass is 419 g/mol. The van der Waals surface area contributed by atoms with E-state index in [0.717, 1.165) is 35.4 Å². The van der Waals surface area contributed by atoms with Gasteiger partial charge in [0.1, 0.15) is 5.78 Å². The molecule has 4 heteroatoms. The number of ketones is 1. The van der Waals surface area contributed by atoms with E-state index in [9.17, 15) is 9.36 Å². The molecule has 0 bridgehead atoms. The van der Waals surface area contributed by atoms with Crippen molar-refractivity contribution in [3.05, 3.63) is 96.6 Å². The second-order valence-electron chi connectivity index (χ2n) is 7.57. The van der Waals surface area contributed by atoms with Gasteiger partial charge in [0.25, 0.3) is 0 Å². The van der Waals surface area contributed by atoms with Crippen molar-refractivity contribution in [2.45, 2.75) is 45.1 Å². The molecule has 1 unspecified atom stereocenters. The fraction of sp³-hybridized carbons (Fsp3) is 0.269. The Morgan fingerprint density at radius 3 is 1.80 bits per heavy atom. The smallest absolute Gasteiger partial charge is 0.205 e. The first kappa shape index (κ1) is 22.2. The maximum atomic E-state index is 14.4. The van der Waals surface area contributed by atoms with Gasteiger partial charge in [-0.25, -0.2) is 0 Å². The first-order chi connectivity index (χ1) is 14.6. The van der Waals surface area contributed by atoms with Gasteiger partial charge in [0.15, 0.2) is 0 Å². The second kappa shape index (κ2) is 11.1. The largest absolute Gasteiger partial charge is 0.300 e. The summed E-state index contributed by atoms with van der Waals surface area (Å²) in [6.45, 7) is 2.13. The molecule has 0 fully saturated rings. The molecule has 0 heterocycles. The van der Waals surface area contributed by atoms with E-state index in [2.05, 4.69) is 12.0 Å². The molecule has 3 nitrogen and oxygen atoms in total. The number of hydrogen-bond donors (Lipinski definition) is 1. The van der Waals surface area contributed by atoms with Crippen molar-refractivity contribution in [2.24, 2.45) is 0 Å². The highest BCUT2D eigenvalue weighted by Crippen LogP contribution is 2.42. The number of hydrogen-bond acceptors (Lipinski definition) is 2. The summed E-state index contributed by atoms with van der Waals surface area (Å²) in [5.74, 6) is 0.206. The number of unbranched alkanes of at least 4 members (excludes halogenated alkanes) is 2. The molecule has 3 aromatic rings. The zero-order valence-electron chi connectivity index (χ0n) is 17.5. The van der Waals surface area contributed by atoms with Gasteiger partial charge in [0.05, 0.1) is 0 Å². The third-order valence-electron chi connectivity index (χ3n) is 5.27. The van der Waals surface area contributed by atoms with Crippen molar-refractivity contribution in [2.75, 3.05) is 0 Å². The first-order valence-corrected chi connectivity index (χ1v) is 12.4. The van der Waals surface area contributed by atoms with Gasteiger partial charge in [-0.2, -0.15) is 0 Å². The highest BCUT2D eigenvalue weighted by Gasteiger charge is 2.31. The Kier molecular flexibility index (Phi) is 8.19. The van der Waals surface area contributed by atoms with Gasteiger partial charge in [-0.3, -0.25) is 14.4 Å². The second-order valence-corrected chi connectivity index (χ2v) is 10.1. The van der Waals surface area contributed by atoms with Crippen LogP contribution in [-0.4, -0.2) is 5.78 Å². The summed E-state index contributed by atoms with van der Waals surface area (Å²) in [5.41, 5.74) is 0.980. The van der Waals surface area contributed by atoms with Crippen molar-refractivity contribution < 1.29 is 9.36 Å². The van der Waals surface area contributed by atoms with Gasteiger partial charge >= 0.3 is 0 Å². The van der Waals surface area contributed by atoms with E-state index < -0.39 is 7.29 Å². The van der Waals surface area contributed by atoms with Crippen LogP contribution < -0.4 is 15.7 Å². The van der Waals surface area contributed by atoms with Crippen molar-refractivity contribution >= 4 is 23.7 Å². The van der Waals surface area contributed by atoms with E-state index >= 15 is 0 Å². The van der Waals surface area contributed by atoms with E-state index in [1.165, 1.54) is 0 Å². The molecule has 3 aromatic carbocycles. The third kappa shape index (κ3) is 5.78. The summed E-state index contributed by atoms with van der Waals surface area (Å²) in [7, 11) is -3.14. The van der Waals surface area contributed by atoms with Gasteiger partial charge in [0.2, 0.25) is 7.29 Å². The van der Waals surface area contributed by atoms with Crippen molar-refractivity contribution in [1.29, 1.82) is 0 Å². The summed E-state index contributed by atoms with van der Waals surface area (Å²) in [6.07, 6.45) is 3.95. The molecule has 0 saturated heterocycles. The Bertz CT molecular complexity index is 915. The highest BCUT2D eigenvalue weighted by molar-refractivity contribution is 7.76. The minimum absolute atomic E-state index is 0.206. The molecule has 156 valence electrons. The minimum Gasteiger partial charge on any atom is -0.300 e. The lowest BCUT2D eigenvalue weighted by molar-refractivity contribution is -0.119. The van der Waals surface area contributed by atoms with Gasteiger partial charge in [-0.05, 0) is 36.2 Å². The van der Waals surface area contributed by atoms with Crippen LogP contribution in [0.15, 0.2) is 91.0 Å². The van der Waals surface area contributed by atoms with E-state index in [0.29, 0.717) is 12.8 Å².